The summed E-state index contributed by atoms with van der Waals surface area (Å²) in [5.74, 6) is -0.0499. The van der Waals surface area contributed by atoms with Gasteiger partial charge in [0.25, 0.3) is 15.9 Å². The van der Waals surface area contributed by atoms with Crippen LogP contribution in [0.1, 0.15) is 17.5 Å². The number of rotatable bonds is 7. The molecule has 6 nitrogen and oxygen atoms in total. The topological polar surface area (TPSA) is 75.7 Å². The molecule has 32 heavy (non-hydrogen) atoms. The number of carbonyl (C=O) groups excluding carboxylic acids is 1. The molecular formula is C24H23ClN2O4S. The lowest BCUT2D eigenvalue weighted by atomic mass is 10.0. The van der Waals surface area contributed by atoms with E-state index in [9.17, 15) is 13.2 Å². The minimum Gasteiger partial charge on any atom is -0.482 e. The summed E-state index contributed by atoms with van der Waals surface area (Å²) in [5.41, 5.74) is 2.69. The van der Waals surface area contributed by atoms with Gasteiger partial charge in [-0.2, -0.15) is 0 Å². The first kappa shape index (κ1) is 22.2. The van der Waals surface area contributed by atoms with Crippen molar-refractivity contribution in [1.82, 2.24) is 5.32 Å². The Kier molecular flexibility index (Phi) is 6.67. The number of sulfonamides is 1. The molecule has 0 radical (unpaired) electrons. The molecular weight excluding hydrogens is 448 g/mol. The van der Waals surface area contributed by atoms with E-state index in [2.05, 4.69) is 5.32 Å². The first-order valence-electron chi connectivity index (χ1n) is 10.3. The van der Waals surface area contributed by atoms with Crippen LogP contribution in [-0.4, -0.2) is 27.5 Å². The van der Waals surface area contributed by atoms with E-state index < -0.39 is 10.0 Å². The molecule has 3 aromatic carbocycles. The molecule has 3 aromatic rings. The third-order valence-electron chi connectivity index (χ3n) is 5.25. The number of ether oxygens (including phenoxy) is 1. The Morgan fingerprint density at radius 2 is 1.78 bits per heavy atom. The molecule has 1 amide bonds. The van der Waals surface area contributed by atoms with E-state index >= 15 is 0 Å². The Hall–Kier alpha value is -3.03. The lowest BCUT2D eigenvalue weighted by Crippen LogP contribution is -2.35. The smallest absolute Gasteiger partial charge is 0.264 e. The molecule has 1 aliphatic heterocycles. The molecule has 4 rings (SSSR count). The lowest BCUT2D eigenvalue weighted by Gasteiger charge is -2.30. The van der Waals surface area contributed by atoms with Gasteiger partial charge in [-0.3, -0.25) is 9.10 Å². The van der Waals surface area contributed by atoms with E-state index in [0.29, 0.717) is 18.8 Å². The number of halogens is 1. The van der Waals surface area contributed by atoms with Gasteiger partial charge in [-0.1, -0.05) is 60.1 Å². The molecule has 0 atom stereocenters. The summed E-state index contributed by atoms with van der Waals surface area (Å²) in [6, 6.07) is 21.3. The van der Waals surface area contributed by atoms with E-state index in [1.54, 1.807) is 0 Å². The maximum atomic E-state index is 13.3. The summed E-state index contributed by atoms with van der Waals surface area (Å²) in [6.45, 7) is 0.584. The van der Waals surface area contributed by atoms with Gasteiger partial charge >= 0.3 is 0 Å². The summed E-state index contributed by atoms with van der Waals surface area (Å²) in [7, 11) is -3.77. The van der Waals surface area contributed by atoms with Gasteiger partial charge in [0.05, 0.1) is 15.6 Å². The summed E-state index contributed by atoms with van der Waals surface area (Å²) >= 11 is 6.29. The number of para-hydroxylation sites is 1. The average Bonchev–Trinajstić information content (AvgIpc) is 2.82. The molecule has 0 aliphatic carbocycles. The maximum Gasteiger partial charge on any atom is 0.264 e. The predicted molar refractivity (Wildman–Crippen MR) is 125 cm³/mol. The van der Waals surface area contributed by atoms with Crippen LogP contribution < -0.4 is 14.4 Å². The normalized spacial score (nSPS) is 13.3. The van der Waals surface area contributed by atoms with Crippen LogP contribution in [0.4, 0.5) is 5.69 Å². The minimum atomic E-state index is -3.77. The van der Waals surface area contributed by atoms with Crippen LogP contribution >= 0.6 is 11.6 Å². The molecule has 0 spiro atoms. The van der Waals surface area contributed by atoms with Gasteiger partial charge in [0, 0.05) is 13.1 Å². The number of carbonyl (C=O) groups is 1. The van der Waals surface area contributed by atoms with Crippen LogP contribution in [0.15, 0.2) is 77.7 Å². The van der Waals surface area contributed by atoms with Crippen LogP contribution in [0.2, 0.25) is 5.02 Å². The number of anilines is 1. The molecule has 0 saturated carbocycles. The number of hydrogen-bond acceptors (Lipinski definition) is 4. The van der Waals surface area contributed by atoms with Gasteiger partial charge in [0.15, 0.2) is 6.61 Å². The summed E-state index contributed by atoms with van der Waals surface area (Å²) in [4.78, 5) is 12.2. The van der Waals surface area contributed by atoms with Gasteiger partial charge in [0.2, 0.25) is 0 Å². The highest BCUT2D eigenvalue weighted by Gasteiger charge is 2.29. The number of fused-ring (bicyclic) bond motifs is 1. The molecule has 0 bridgehead atoms. The Bertz CT molecular complexity index is 1220. The molecule has 0 saturated heterocycles. The van der Waals surface area contributed by atoms with E-state index in [4.69, 9.17) is 16.3 Å². The van der Waals surface area contributed by atoms with Crippen LogP contribution in [0, 0.1) is 0 Å². The lowest BCUT2D eigenvalue weighted by molar-refractivity contribution is -0.123. The highest BCUT2D eigenvalue weighted by atomic mass is 35.5. The minimum absolute atomic E-state index is 0.0834. The van der Waals surface area contributed by atoms with Crippen molar-refractivity contribution < 1.29 is 17.9 Å². The van der Waals surface area contributed by atoms with Gasteiger partial charge in [-0.15, -0.1) is 0 Å². The monoisotopic (exact) mass is 470 g/mol. The predicted octanol–water partition coefficient (Wildman–Crippen LogP) is 4.18. The average molecular weight is 471 g/mol. The Balaban J connectivity index is 1.42. The van der Waals surface area contributed by atoms with Crippen molar-refractivity contribution in [2.24, 2.45) is 0 Å². The SMILES string of the molecule is O=C(COc1ccc(S(=O)(=O)N2CCCc3ccccc32)cc1Cl)NCc1ccccc1. The summed E-state index contributed by atoms with van der Waals surface area (Å²) in [6.07, 6.45) is 1.60. The zero-order valence-corrected chi connectivity index (χ0v) is 18.9. The number of amides is 1. The second kappa shape index (κ2) is 9.63. The number of nitrogens with zero attached hydrogens (tertiary/aromatic N) is 1. The molecule has 1 N–H and O–H groups in total. The first-order chi connectivity index (χ1) is 15.4. The zero-order chi connectivity index (χ0) is 22.6. The molecule has 1 heterocycles. The van der Waals surface area contributed by atoms with E-state index in [0.717, 1.165) is 24.0 Å². The van der Waals surface area contributed by atoms with Crippen molar-refractivity contribution in [2.45, 2.75) is 24.3 Å². The van der Waals surface area contributed by atoms with Crippen molar-refractivity contribution in [2.75, 3.05) is 17.5 Å². The van der Waals surface area contributed by atoms with Gasteiger partial charge in [-0.05, 0) is 48.2 Å². The van der Waals surface area contributed by atoms with Gasteiger partial charge in [0.1, 0.15) is 5.75 Å². The molecule has 1 aliphatic rings. The zero-order valence-electron chi connectivity index (χ0n) is 17.3. The quantitative estimate of drug-likeness (QED) is 0.562. The van der Waals surface area contributed by atoms with Crippen molar-refractivity contribution >= 4 is 33.2 Å². The number of aryl methyl sites for hydroxylation is 1. The third-order valence-corrected chi connectivity index (χ3v) is 7.35. The van der Waals surface area contributed by atoms with Gasteiger partial charge < -0.3 is 10.1 Å². The highest BCUT2D eigenvalue weighted by molar-refractivity contribution is 7.92. The number of benzene rings is 3. The van der Waals surface area contributed by atoms with Crippen LogP contribution in [-0.2, 0) is 27.8 Å². The van der Waals surface area contributed by atoms with E-state index in [1.807, 2.05) is 54.6 Å². The standard InChI is InChI=1S/C24H23ClN2O4S/c25-21-15-20(32(29,30)27-14-6-10-19-9-4-5-11-22(19)27)12-13-23(21)31-17-24(28)26-16-18-7-2-1-3-8-18/h1-5,7-9,11-13,15H,6,10,14,16-17H2,(H,26,28). The summed E-state index contributed by atoms with van der Waals surface area (Å²) in [5, 5.41) is 2.90. The fourth-order valence-corrected chi connectivity index (χ4v) is 5.49. The fraction of sp³-hybridized carbons (Fsp3) is 0.208. The van der Waals surface area contributed by atoms with Crippen molar-refractivity contribution in [3.8, 4) is 5.75 Å². The van der Waals surface area contributed by atoms with E-state index in [-0.39, 0.29) is 28.2 Å². The molecule has 0 fully saturated rings. The first-order valence-corrected chi connectivity index (χ1v) is 12.1. The Morgan fingerprint density at radius 1 is 1.03 bits per heavy atom. The molecule has 166 valence electrons. The van der Waals surface area contributed by atoms with E-state index in [1.165, 1.54) is 22.5 Å². The fourth-order valence-electron chi connectivity index (χ4n) is 3.63. The maximum absolute atomic E-state index is 13.3. The van der Waals surface area contributed by atoms with Crippen LogP contribution in [0.5, 0.6) is 5.75 Å². The van der Waals surface area contributed by atoms with Gasteiger partial charge in [-0.25, -0.2) is 8.42 Å². The van der Waals surface area contributed by atoms with Crippen LogP contribution in [0.25, 0.3) is 0 Å². The Morgan fingerprint density at radius 3 is 2.56 bits per heavy atom. The molecule has 0 aromatic heterocycles. The second-order valence-corrected chi connectivity index (χ2v) is 9.72. The number of hydrogen-bond donors (Lipinski definition) is 1. The second-order valence-electron chi connectivity index (χ2n) is 7.45. The summed E-state index contributed by atoms with van der Waals surface area (Å²) < 4.78 is 33.5. The third kappa shape index (κ3) is 4.89. The molecule has 0 unspecified atom stereocenters. The largest absolute Gasteiger partial charge is 0.482 e. The highest BCUT2D eigenvalue weighted by Crippen LogP contribution is 2.34. The number of nitrogens with one attached hydrogen (secondary N) is 1. The van der Waals surface area contributed by atoms with Crippen molar-refractivity contribution in [3.63, 3.8) is 0 Å². The molecule has 8 heteroatoms. The van der Waals surface area contributed by atoms with Crippen LogP contribution in [0.3, 0.4) is 0 Å². The Labute approximate surface area is 192 Å². The van der Waals surface area contributed by atoms with Crippen molar-refractivity contribution in [3.05, 3.63) is 88.9 Å². The van der Waals surface area contributed by atoms with Crippen molar-refractivity contribution in [1.29, 1.82) is 0 Å².